The highest BCUT2D eigenvalue weighted by atomic mass is 35.5. The van der Waals surface area contributed by atoms with Crippen molar-refractivity contribution in [2.24, 2.45) is 7.05 Å². The second kappa shape index (κ2) is 13.4. The van der Waals surface area contributed by atoms with Crippen molar-refractivity contribution < 1.29 is 4.79 Å². The van der Waals surface area contributed by atoms with E-state index in [-0.39, 0.29) is 27.6 Å². The molecule has 40 heavy (non-hydrogen) atoms. The Labute approximate surface area is 244 Å². The molecule has 0 aliphatic heterocycles. The van der Waals surface area contributed by atoms with E-state index in [1.54, 1.807) is 0 Å². The second-order valence-electron chi connectivity index (χ2n) is 10.1. The summed E-state index contributed by atoms with van der Waals surface area (Å²) in [7, 11) is 2.01. The minimum absolute atomic E-state index is 0.229. The SMILES string of the molecule is Cn1cncc1CNCCN(Cc1cccc(CNC(=O)c2c(Cl)cncc2Cl)c1)C1CCCc2cccnc21. The first-order valence-electron chi connectivity index (χ1n) is 13.5. The number of imidazole rings is 1. The molecule has 5 rings (SSSR count). The molecule has 8 nitrogen and oxygen atoms in total. The van der Waals surface area contributed by atoms with Crippen LogP contribution in [-0.4, -0.2) is 43.4 Å². The predicted octanol–water partition coefficient (Wildman–Crippen LogP) is 5.12. The number of amides is 1. The maximum Gasteiger partial charge on any atom is 0.254 e. The van der Waals surface area contributed by atoms with Crippen LogP contribution in [0.25, 0.3) is 0 Å². The molecule has 1 aliphatic carbocycles. The Morgan fingerprint density at radius 1 is 1.07 bits per heavy atom. The summed E-state index contributed by atoms with van der Waals surface area (Å²) in [6.45, 7) is 3.62. The first-order valence-corrected chi connectivity index (χ1v) is 14.2. The molecule has 0 bridgehead atoms. The van der Waals surface area contributed by atoms with Gasteiger partial charge in [-0.3, -0.25) is 19.7 Å². The summed E-state index contributed by atoms with van der Waals surface area (Å²) < 4.78 is 2.03. The second-order valence-corrected chi connectivity index (χ2v) is 10.9. The maximum absolute atomic E-state index is 12.8. The number of carbonyl (C=O) groups is 1. The third kappa shape index (κ3) is 6.88. The predicted molar refractivity (Wildman–Crippen MR) is 157 cm³/mol. The van der Waals surface area contributed by atoms with Crippen molar-refractivity contribution in [3.05, 3.63) is 111 Å². The number of aromatic nitrogens is 4. The Morgan fingerprint density at radius 3 is 2.70 bits per heavy atom. The molecule has 1 aliphatic rings. The van der Waals surface area contributed by atoms with Gasteiger partial charge in [-0.15, -0.1) is 0 Å². The molecule has 4 aromatic rings. The molecule has 0 spiro atoms. The topological polar surface area (TPSA) is 88.0 Å². The minimum Gasteiger partial charge on any atom is -0.348 e. The summed E-state index contributed by atoms with van der Waals surface area (Å²) in [5.74, 6) is -0.325. The molecule has 1 unspecified atom stereocenters. The van der Waals surface area contributed by atoms with Crippen LogP contribution in [0.1, 0.15) is 57.3 Å². The van der Waals surface area contributed by atoms with E-state index in [4.69, 9.17) is 28.2 Å². The van der Waals surface area contributed by atoms with Gasteiger partial charge in [-0.1, -0.05) is 53.5 Å². The summed E-state index contributed by atoms with van der Waals surface area (Å²) in [5, 5.41) is 6.98. The molecule has 3 heterocycles. The highest BCUT2D eigenvalue weighted by Gasteiger charge is 2.27. The lowest BCUT2D eigenvalue weighted by molar-refractivity contribution is 0.0951. The van der Waals surface area contributed by atoms with E-state index >= 15 is 0 Å². The number of rotatable bonds is 11. The molecule has 1 amide bonds. The van der Waals surface area contributed by atoms with Crippen LogP contribution in [0.15, 0.2) is 67.5 Å². The lowest BCUT2D eigenvalue weighted by Gasteiger charge is -2.35. The molecule has 3 aromatic heterocycles. The van der Waals surface area contributed by atoms with Crippen LogP contribution in [0.2, 0.25) is 10.0 Å². The summed E-state index contributed by atoms with van der Waals surface area (Å²) in [6, 6.07) is 12.8. The average molecular weight is 579 g/mol. The molecular weight excluding hydrogens is 545 g/mol. The fourth-order valence-electron chi connectivity index (χ4n) is 5.25. The monoisotopic (exact) mass is 577 g/mol. The van der Waals surface area contributed by atoms with Crippen molar-refractivity contribution >= 4 is 29.1 Å². The standard InChI is InChI=1S/C30H33Cl2N7O/c1-38-20-35-16-24(38)15-33-11-12-39(27-9-3-7-23-8-4-10-36-29(23)27)19-22-6-2-5-21(13-22)14-37-30(40)28-25(31)17-34-18-26(28)32/h2,4-6,8,10,13,16-18,20,27,33H,3,7,9,11-12,14-15,19H2,1H3,(H,37,40). The number of carbonyl (C=O) groups excluding carboxylic acids is 1. The van der Waals surface area contributed by atoms with E-state index in [9.17, 15) is 4.79 Å². The number of benzene rings is 1. The van der Waals surface area contributed by atoms with Crippen LogP contribution in [0, 0.1) is 0 Å². The Morgan fingerprint density at radius 2 is 1.90 bits per heavy atom. The van der Waals surface area contributed by atoms with E-state index in [1.807, 2.05) is 48.5 Å². The highest BCUT2D eigenvalue weighted by Crippen LogP contribution is 2.33. The summed E-state index contributed by atoms with van der Waals surface area (Å²) in [4.78, 5) is 28.2. The first kappa shape index (κ1) is 28.2. The van der Waals surface area contributed by atoms with Gasteiger partial charge in [0.2, 0.25) is 0 Å². The van der Waals surface area contributed by atoms with Gasteiger partial charge in [-0.2, -0.15) is 0 Å². The number of aryl methyl sites for hydroxylation is 2. The molecule has 1 atom stereocenters. The molecule has 0 fully saturated rings. The number of pyridine rings is 2. The van der Waals surface area contributed by atoms with Gasteiger partial charge in [0, 0.05) is 64.6 Å². The van der Waals surface area contributed by atoms with Crippen molar-refractivity contribution in [3.63, 3.8) is 0 Å². The van der Waals surface area contributed by atoms with Gasteiger partial charge in [0.15, 0.2) is 0 Å². The first-order chi connectivity index (χ1) is 19.5. The van der Waals surface area contributed by atoms with Crippen LogP contribution in [0.3, 0.4) is 0 Å². The fraction of sp³-hybridized carbons (Fsp3) is 0.333. The van der Waals surface area contributed by atoms with Crippen LogP contribution in [-0.2, 0) is 33.1 Å². The molecule has 2 N–H and O–H groups in total. The van der Waals surface area contributed by atoms with Gasteiger partial charge in [-0.25, -0.2) is 4.98 Å². The van der Waals surface area contributed by atoms with Crippen molar-refractivity contribution in [1.82, 2.24) is 35.1 Å². The molecule has 0 saturated heterocycles. The third-order valence-electron chi connectivity index (χ3n) is 7.32. The van der Waals surface area contributed by atoms with E-state index < -0.39 is 0 Å². The fourth-order valence-corrected chi connectivity index (χ4v) is 5.79. The number of nitrogens with zero attached hydrogens (tertiary/aromatic N) is 5. The minimum atomic E-state index is -0.325. The van der Waals surface area contributed by atoms with Crippen molar-refractivity contribution in [1.29, 1.82) is 0 Å². The molecule has 0 saturated carbocycles. The smallest absolute Gasteiger partial charge is 0.254 e. The number of fused-ring (bicyclic) bond motifs is 1. The molecule has 10 heteroatoms. The summed E-state index contributed by atoms with van der Waals surface area (Å²) in [5.41, 5.74) is 6.11. The Hall–Kier alpha value is -3.30. The van der Waals surface area contributed by atoms with E-state index in [1.165, 1.54) is 29.2 Å². The van der Waals surface area contributed by atoms with E-state index in [0.717, 1.165) is 56.7 Å². The van der Waals surface area contributed by atoms with Gasteiger partial charge in [0.1, 0.15) is 0 Å². The van der Waals surface area contributed by atoms with Crippen molar-refractivity contribution in [2.45, 2.75) is 44.9 Å². The maximum atomic E-state index is 12.8. The zero-order chi connectivity index (χ0) is 27.9. The van der Waals surface area contributed by atoms with Crippen LogP contribution >= 0.6 is 23.2 Å². The molecular formula is C30H33Cl2N7O. The Bertz CT molecular complexity index is 1440. The summed E-state index contributed by atoms with van der Waals surface area (Å²) in [6.07, 6.45) is 11.8. The number of hydrogen-bond acceptors (Lipinski definition) is 6. The lowest BCUT2D eigenvalue weighted by Crippen LogP contribution is -2.37. The van der Waals surface area contributed by atoms with E-state index in [0.29, 0.717) is 6.54 Å². The zero-order valence-corrected chi connectivity index (χ0v) is 24.0. The Balaban J connectivity index is 1.28. The van der Waals surface area contributed by atoms with Crippen molar-refractivity contribution in [3.8, 4) is 0 Å². The van der Waals surface area contributed by atoms with Gasteiger partial charge in [0.25, 0.3) is 5.91 Å². The Kier molecular flexibility index (Phi) is 9.44. The number of nitrogens with one attached hydrogen (secondary N) is 2. The van der Waals surface area contributed by atoms with Crippen LogP contribution in [0.4, 0.5) is 0 Å². The lowest BCUT2D eigenvalue weighted by atomic mass is 9.90. The van der Waals surface area contributed by atoms with Crippen LogP contribution < -0.4 is 10.6 Å². The largest absolute Gasteiger partial charge is 0.348 e. The quantitative estimate of drug-likeness (QED) is 0.241. The average Bonchev–Trinajstić information content (AvgIpc) is 3.37. The number of hydrogen-bond donors (Lipinski definition) is 2. The number of halogens is 2. The van der Waals surface area contributed by atoms with Crippen LogP contribution in [0.5, 0.6) is 0 Å². The molecule has 208 valence electrons. The van der Waals surface area contributed by atoms with E-state index in [2.05, 4.69) is 43.7 Å². The third-order valence-corrected chi connectivity index (χ3v) is 7.89. The van der Waals surface area contributed by atoms with Gasteiger partial charge in [-0.05, 0) is 42.0 Å². The zero-order valence-electron chi connectivity index (χ0n) is 22.5. The van der Waals surface area contributed by atoms with Gasteiger partial charge in [0.05, 0.1) is 39.4 Å². The summed E-state index contributed by atoms with van der Waals surface area (Å²) >= 11 is 12.3. The highest BCUT2D eigenvalue weighted by molar-refractivity contribution is 6.39. The molecule has 0 radical (unpaired) electrons. The van der Waals surface area contributed by atoms with Gasteiger partial charge < -0.3 is 15.2 Å². The normalized spacial score (nSPS) is 14.8. The molecule has 1 aromatic carbocycles. The van der Waals surface area contributed by atoms with Gasteiger partial charge >= 0.3 is 0 Å². The van der Waals surface area contributed by atoms with Crippen molar-refractivity contribution in [2.75, 3.05) is 13.1 Å².